The molecule has 3 aromatic rings. The number of halogens is 2. The van der Waals surface area contributed by atoms with E-state index >= 15 is 0 Å². The van der Waals surface area contributed by atoms with Gasteiger partial charge in [0.15, 0.2) is 0 Å². The standard InChI is InChI=1S/C22H19Cl2N3O2/c23-17-5-6-18(19(24)12-17)20-7-8-25-21(26-20)10-13-1-2-14-3-4-15(22(28)27-29)11-16(14)9-13/h3-8,11-13,29H,1-2,9-10H2,(H,27,28). The van der Waals surface area contributed by atoms with Gasteiger partial charge < -0.3 is 0 Å². The van der Waals surface area contributed by atoms with E-state index in [-0.39, 0.29) is 0 Å². The van der Waals surface area contributed by atoms with Crippen LogP contribution in [0.25, 0.3) is 11.3 Å². The number of hydrogen-bond acceptors (Lipinski definition) is 4. The molecule has 4 rings (SSSR count). The quantitative estimate of drug-likeness (QED) is 0.457. The second-order valence-electron chi connectivity index (χ2n) is 7.22. The molecule has 148 valence electrons. The predicted molar refractivity (Wildman–Crippen MR) is 112 cm³/mol. The van der Waals surface area contributed by atoms with E-state index in [4.69, 9.17) is 33.4 Å². The number of hydroxylamine groups is 1. The van der Waals surface area contributed by atoms with Crippen molar-refractivity contribution in [1.82, 2.24) is 15.4 Å². The minimum absolute atomic E-state index is 0.380. The van der Waals surface area contributed by atoms with Crippen molar-refractivity contribution >= 4 is 29.1 Å². The van der Waals surface area contributed by atoms with E-state index < -0.39 is 5.91 Å². The molecule has 7 heteroatoms. The van der Waals surface area contributed by atoms with Crippen LogP contribution in [0.1, 0.15) is 33.7 Å². The fraction of sp³-hybridized carbons (Fsp3) is 0.227. The highest BCUT2D eigenvalue weighted by Gasteiger charge is 2.21. The van der Waals surface area contributed by atoms with Gasteiger partial charge in [-0.25, -0.2) is 15.4 Å². The number of fused-ring (bicyclic) bond motifs is 1. The van der Waals surface area contributed by atoms with Crippen molar-refractivity contribution in [2.24, 2.45) is 5.92 Å². The fourth-order valence-corrected chi connectivity index (χ4v) is 4.32. The lowest BCUT2D eigenvalue weighted by atomic mass is 9.81. The number of carbonyl (C=O) groups excluding carboxylic acids is 1. The smallest absolute Gasteiger partial charge is 0.274 e. The summed E-state index contributed by atoms with van der Waals surface area (Å²) in [6.45, 7) is 0. The monoisotopic (exact) mass is 427 g/mol. The van der Waals surface area contributed by atoms with E-state index in [0.717, 1.165) is 48.3 Å². The molecule has 0 radical (unpaired) electrons. The zero-order valence-electron chi connectivity index (χ0n) is 15.5. The Morgan fingerprint density at radius 3 is 2.79 bits per heavy atom. The number of benzene rings is 2. The molecule has 1 aromatic heterocycles. The molecular formula is C22H19Cl2N3O2. The Balaban J connectivity index is 1.53. The molecule has 0 saturated heterocycles. The van der Waals surface area contributed by atoms with Crippen molar-refractivity contribution in [3.63, 3.8) is 0 Å². The van der Waals surface area contributed by atoms with Crippen LogP contribution in [0.15, 0.2) is 48.7 Å². The minimum atomic E-state index is -0.495. The Morgan fingerprint density at radius 2 is 2.00 bits per heavy atom. The molecule has 2 N–H and O–H groups in total. The molecule has 0 bridgehead atoms. The van der Waals surface area contributed by atoms with Gasteiger partial charge in [-0.2, -0.15) is 0 Å². The van der Waals surface area contributed by atoms with Crippen molar-refractivity contribution in [2.75, 3.05) is 0 Å². The van der Waals surface area contributed by atoms with Crippen LogP contribution in [0.5, 0.6) is 0 Å². The molecule has 1 aliphatic carbocycles. The minimum Gasteiger partial charge on any atom is -0.288 e. The lowest BCUT2D eigenvalue weighted by Gasteiger charge is -2.24. The van der Waals surface area contributed by atoms with E-state index in [0.29, 0.717) is 21.5 Å². The van der Waals surface area contributed by atoms with Crippen molar-refractivity contribution in [3.05, 3.63) is 81.2 Å². The second kappa shape index (κ2) is 8.49. The van der Waals surface area contributed by atoms with Crippen LogP contribution in [0.3, 0.4) is 0 Å². The summed E-state index contributed by atoms with van der Waals surface area (Å²) in [7, 11) is 0. The molecule has 0 fully saturated rings. The molecule has 2 aromatic carbocycles. The lowest BCUT2D eigenvalue weighted by Crippen LogP contribution is -2.21. The van der Waals surface area contributed by atoms with Gasteiger partial charge in [-0.05, 0) is 72.7 Å². The van der Waals surface area contributed by atoms with Crippen LogP contribution in [-0.2, 0) is 19.3 Å². The molecule has 1 heterocycles. The van der Waals surface area contributed by atoms with Crippen molar-refractivity contribution in [1.29, 1.82) is 0 Å². The zero-order valence-corrected chi connectivity index (χ0v) is 17.0. The van der Waals surface area contributed by atoms with E-state index in [1.165, 1.54) is 5.56 Å². The number of nitrogens with one attached hydrogen (secondary N) is 1. The van der Waals surface area contributed by atoms with Crippen LogP contribution >= 0.6 is 23.2 Å². The van der Waals surface area contributed by atoms with Gasteiger partial charge in [0.1, 0.15) is 5.82 Å². The van der Waals surface area contributed by atoms with Gasteiger partial charge in [0.25, 0.3) is 5.91 Å². The molecule has 0 saturated carbocycles. The van der Waals surface area contributed by atoms with E-state index in [2.05, 4.69) is 4.98 Å². The predicted octanol–water partition coefficient (Wildman–Crippen LogP) is 4.92. The SMILES string of the molecule is O=C(NO)c1ccc2c(c1)CC(Cc1nccc(-c3ccc(Cl)cc3Cl)n1)CC2. The Bertz CT molecular complexity index is 1070. The van der Waals surface area contributed by atoms with Gasteiger partial charge in [-0.3, -0.25) is 10.0 Å². The molecule has 1 amide bonds. The molecule has 5 nitrogen and oxygen atoms in total. The first-order chi connectivity index (χ1) is 14.0. The molecule has 1 unspecified atom stereocenters. The number of aryl methyl sites for hydroxylation is 1. The third-order valence-corrected chi connectivity index (χ3v) is 5.83. The van der Waals surface area contributed by atoms with Gasteiger partial charge in [0.05, 0.1) is 10.7 Å². The molecule has 0 spiro atoms. The van der Waals surface area contributed by atoms with Gasteiger partial charge in [0.2, 0.25) is 0 Å². The first-order valence-electron chi connectivity index (χ1n) is 9.37. The molecule has 29 heavy (non-hydrogen) atoms. The van der Waals surface area contributed by atoms with Gasteiger partial charge in [-0.15, -0.1) is 0 Å². The number of hydrogen-bond donors (Lipinski definition) is 2. The Hall–Kier alpha value is -2.47. The van der Waals surface area contributed by atoms with Crippen molar-refractivity contribution in [3.8, 4) is 11.3 Å². The maximum Gasteiger partial charge on any atom is 0.274 e. The van der Waals surface area contributed by atoms with Crippen molar-refractivity contribution in [2.45, 2.75) is 25.7 Å². The Kier molecular flexibility index (Phi) is 5.81. The fourth-order valence-electron chi connectivity index (χ4n) is 3.82. The average Bonchev–Trinajstić information content (AvgIpc) is 2.73. The second-order valence-corrected chi connectivity index (χ2v) is 8.06. The van der Waals surface area contributed by atoms with Crippen LogP contribution in [0, 0.1) is 5.92 Å². The number of rotatable bonds is 4. The molecule has 1 atom stereocenters. The average molecular weight is 428 g/mol. The largest absolute Gasteiger partial charge is 0.288 e. The first-order valence-corrected chi connectivity index (χ1v) is 10.1. The van der Waals surface area contributed by atoms with Crippen LogP contribution in [-0.4, -0.2) is 21.1 Å². The van der Waals surface area contributed by atoms with Crippen LogP contribution in [0.4, 0.5) is 0 Å². The highest BCUT2D eigenvalue weighted by Crippen LogP contribution is 2.31. The van der Waals surface area contributed by atoms with E-state index in [1.807, 2.05) is 24.3 Å². The third kappa shape index (κ3) is 4.42. The summed E-state index contributed by atoms with van der Waals surface area (Å²) in [6.07, 6.45) is 5.33. The normalized spacial score (nSPS) is 15.6. The van der Waals surface area contributed by atoms with Gasteiger partial charge >= 0.3 is 0 Å². The summed E-state index contributed by atoms with van der Waals surface area (Å²) >= 11 is 12.3. The van der Waals surface area contributed by atoms with E-state index in [1.54, 1.807) is 29.9 Å². The number of amides is 1. The maximum absolute atomic E-state index is 11.7. The van der Waals surface area contributed by atoms with Crippen LogP contribution < -0.4 is 5.48 Å². The number of aromatic nitrogens is 2. The van der Waals surface area contributed by atoms with Gasteiger partial charge in [-0.1, -0.05) is 29.3 Å². The molecular weight excluding hydrogens is 409 g/mol. The van der Waals surface area contributed by atoms with Crippen LogP contribution in [0.2, 0.25) is 10.0 Å². The zero-order chi connectivity index (χ0) is 20.4. The number of nitrogens with zero attached hydrogens (tertiary/aromatic N) is 2. The van der Waals surface area contributed by atoms with Gasteiger partial charge in [0, 0.05) is 28.8 Å². The topological polar surface area (TPSA) is 75.1 Å². The maximum atomic E-state index is 11.7. The Labute approximate surface area is 178 Å². The summed E-state index contributed by atoms with van der Waals surface area (Å²) < 4.78 is 0. The summed E-state index contributed by atoms with van der Waals surface area (Å²) in [4.78, 5) is 20.8. The third-order valence-electron chi connectivity index (χ3n) is 5.28. The first kappa shape index (κ1) is 19.8. The summed E-state index contributed by atoms with van der Waals surface area (Å²) in [5.74, 6) is 0.655. The van der Waals surface area contributed by atoms with E-state index in [9.17, 15) is 4.79 Å². The lowest BCUT2D eigenvalue weighted by molar-refractivity contribution is 0.0706. The summed E-state index contributed by atoms with van der Waals surface area (Å²) in [5, 5.41) is 10.0. The highest BCUT2D eigenvalue weighted by atomic mass is 35.5. The summed E-state index contributed by atoms with van der Waals surface area (Å²) in [5.41, 5.74) is 6.14. The van der Waals surface area contributed by atoms with Crippen molar-refractivity contribution < 1.29 is 10.0 Å². The Morgan fingerprint density at radius 1 is 1.14 bits per heavy atom. The summed E-state index contributed by atoms with van der Waals surface area (Å²) in [6, 6.07) is 12.8. The molecule has 0 aliphatic heterocycles. The number of carbonyl (C=O) groups is 1. The highest BCUT2D eigenvalue weighted by molar-refractivity contribution is 6.36. The molecule has 1 aliphatic rings.